The maximum Gasteiger partial charge on any atom is 0.246 e. The van der Waals surface area contributed by atoms with Crippen molar-refractivity contribution >= 4 is 28.4 Å². The maximum atomic E-state index is 13.5. The number of rotatable bonds is 5. The van der Waals surface area contributed by atoms with Crippen LogP contribution in [0.2, 0.25) is 0 Å². The standard InChI is InChI=1S/C24H26N4O4/c1-2-3-11-26-14-21(29)27-20(24(26)30)13-18-17-9-4-5-10-19(17)25-22(18)23(27)15-7-6-8-16(12-15)28(31)32/h4-10,12,20,23,25,28,31H,2-3,11,13-14H2,1H3. The average molecular weight is 434 g/mol. The van der Waals surface area contributed by atoms with Crippen molar-refractivity contribution in [3.05, 3.63) is 70.6 Å². The molecule has 0 saturated carbocycles. The summed E-state index contributed by atoms with van der Waals surface area (Å²) in [6.45, 7) is 2.69. The van der Waals surface area contributed by atoms with Crippen LogP contribution in [0, 0.1) is 5.21 Å². The molecule has 32 heavy (non-hydrogen) atoms. The van der Waals surface area contributed by atoms with Gasteiger partial charge in [-0.25, -0.2) is 5.21 Å². The molecule has 2 amide bonds. The highest BCUT2D eigenvalue weighted by Crippen LogP contribution is 2.42. The van der Waals surface area contributed by atoms with Gasteiger partial charge in [0.05, 0.1) is 12.6 Å². The van der Waals surface area contributed by atoms with Crippen molar-refractivity contribution in [2.24, 2.45) is 0 Å². The SMILES string of the molecule is CCCCN1CC(=O)N2C(Cc3c([nH]c4ccccc34)C2c2cccc([NH+]([O-])O)c2)C1=O. The highest BCUT2D eigenvalue weighted by atomic mass is 16.8. The van der Waals surface area contributed by atoms with E-state index in [-0.39, 0.29) is 24.0 Å². The number of amides is 2. The van der Waals surface area contributed by atoms with Gasteiger partial charge in [0.1, 0.15) is 6.04 Å². The van der Waals surface area contributed by atoms with Crippen molar-refractivity contribution in [3.63, 3.8) is 0 Å². The van der Waals surface area contributed by atoms with Crippen LogP contribution in [0.25, 0.3) is 10.9 Å². The van der Waals surface area contributed by atoms with E-state index in [0.29, 0.717) is 18.5 Å². The molecule has 2 aromatic carbocycles. The van der Waals surface area contributed by atoms with Crippen molar-refractivity contribution < 1.29 is 20.0 Å². The number of carbonyl (C=O) groups excluding carboxylic acids is 2. The molecule has 8 heteroatoms. The summed E-state index contributed by atoms with van der Waals surface area (Å²) in [6, 6.07) is 13.4. The summed E-state index contributed by atoms with van der Waals surface area (Å²) in [5, 5.41) is 21.1. The van der Waals surface area contributed by atoms with E-state index in [1.165, 1.54) is 6.07 Å². The normalized spacial score (nSPS) is 21.6. The maximum absolute atomic E-state index is 13.5. The van der Waals surface area contributed by atoms with Gasteiger partial charge in [0.2, 0.25) is 11.8 Å². The first-order valence-electron chi connectivity index (χ1n) is 11.0. The van der Waals surface area contributed by atoms with Gasteiger partial charge >= 0.3 is 0 Å². The first-order chi connectivity index (χ1) is 15.5. The molecule has 1 aromatic heterocycles. The van der Waals surface area contributed by atoms with Gasteiger partial charge in [0.25, 0.3) is 0 Å². The minimum atomic E-state index is -1.03. The molecule has 1 fully saturated rings. The molecule has 3 unspecified atom stereocenters. The third-order valence-corrected chi connectivity index (χ3v) is 6.57. The predicted molar refractivity (Wildman–Crippen MR) is 118 cm³/mol. The Balaban J connectivity index is 1.67. The monoisotopic (exact) mass is 434 g/mol. The molecular formula is C24H26N4O4. The fourth-order valence-corrected chi connectivity index (χ4v) is 5.05. The summed E-state index contributed by atoms with van der Waals surface area (Å²) >= 11 is 0. The van der Waals surface area contributed by atoms with Gasteiger partial charge in [0.15, 0.2) is 5.69 Å². The largest absolute Gasteiger partial charge is 0.595 e. The van der Waals surface area contributed by atoms with E-state index in [9.17, 15) is 20.0 Å². The van der Waals surface area contributed by atoms with E-state index in [2.05, 4.69) is 11.9 Å². The number of piperazine rings is 1. The molecule has 166 valence electrons. The zero-order valence-corrected chi connectivity index (χ0v) is 17.9. The molecule has 0 aliphatic carbocycles. The number of nitrogens with one attached hydrogen (secondary N) is 2. The number of carbonyl (C=O) groups is 2. The third kappa shape index (κ3) is 3.28. The van der Waals surface area contributed by atoms with Gasteiger partial charge in [-0.1, -0.05) is 43.7 Å². The number of fused-ring (bicyclic) bond motifs is 4. The lowest BCUT2D eigenvalue weighted by Crippen LogP contribution is -2.99. The van der Waals surface area contributed by atoms with Crippen LogP contribution in [-0.4, -0.2) is 50.9 Å². The van der Waals surface area contributed by atoms with Crippen LogP contribution in [0.3, 0.4) is 0 Å². The number of unbranched alkanes of at least 4 members (excludes halogenated alkanes) is 1. The molecule has 0 radical (unpaired) electrons. The Hall–Kier alpha value is -3.20. The molecule has 0 spiro atoms. The molecule has 0 bridgehead atoms. The Morgan fingerprint density at radius 2 is 2.00 bits per heavy atom. The quantitative estimate of drug-likeness (QED) is 0.535. The average Bonchev–Trinajstić information content (AvgIpc) is 3.17. The van der Waals surface area contributed by atoms with Crippen LogP contribution in [0.4, 0.5) is 5.69 Å². The smallest absolute Gasteiger partial charge is 0.246 e. The van der Waals surface area contributed by atoms with E-state index in [1.807, 2.05) is 30.3 Å². The van der Waals surface area contributed by atoms with E-state index >= 15 is 0 Å². The number of aromatic nitrogens is 1. The van der Waals surface area contributed by atoms with Crippen molar-refractivity contribution in [1.29, 1.82) is 0 Å². The molecule has 1 saturated heterocycles. The second kappa shape index (κ2) is 8.05. The lowest BCUT2D eigenvalue weighted by molar-refractivity contribution is -0.991. The van der Waals surface area contributed by atoms with E-state index in [0.717, 1.165) is 35.0 Å². The lowest BCUT2D eigenvalue weighted by Gasteiger charge is -2.47. The summed E-state index contributed by atoms with van der Waals surface area (Å²) < 4.78 is 0. The van der Waals surface area contributed by atoms with Crippen molar-refractivity contribution in [2.45, 2.75) is 38.3 Å². The first-order valence-corrected chi connectivity index (χ1v) is 11.0. The van der Waals surface area contributed by atoms with Crippen LogP contribution in [0.15, 0.2) is 48.5 Å². The summed E-state index contributed by atoms with van der Waals surface area (Å²) in [6.07, 6.45) is 2.25. The zero-order valence-electron chi connectivity index (χ0n) is 17.9. The van der Waals surface area contributed by atoms with Crippen LogP contribution in [0.1, 0.15) is 42.6 Å². The van der Waals surface area contributed by atoms with Crippen LogP contribution in [0.5, 0.6) is 0 Å². The Kier molecular flexibility index (Phi) is 5.21. The predicted octanol–water partition coefficient (Wildman–Crippen LogP) is 2.06. The second-order valence-electron chi connectivity index (χ2n) is 8.53. The minimum Gasteiger partial charge on any atom is -0.595 e. The van der Waals surface area contributed by atoms with Gasteiger partial charge in [-0.15, -0.1) is 0 Å². The first kappa shape index (κ1) is 20.7. The minimum absolute atomic E-state index is 0.0339. The lowest BCUT2D eigenvalue weighted by atomic mass is 9.86. The molecule has 3 atom stereocenters. The van der Waals surface area contributed by atoms with Gasteiger partial charge in [-0.3, -0.25) is 9.59 Å². The van der Waals surface area contributed by atoms with Crippen LogP contribution >= 0.6 is 0 Å². The molecule has 3 aromatic rings. The van der Waals surface area contributed by atoms with Gasteiger partial charge in [0, 0.05) is 41.7 Å². The Morgan fingerprint density at radius 3 is 2.78 bits per heavy atom. The molecule has 5 rings (SSSR count). The van der Waals surface area contributed by atoms with Crippen LogP contribution in [-0.2, 0) is 16.0 Å². The van der Waals surface area contributed by atoms with Gasteiger partial charge in [-0.05, 0) is 23.6 Å². The number of H-pyrrole nitrogens is 1. The Morgan fingerprint density at radius 1 is 1.19 bits per heavy atom. The van der Waals surface area contributed by atoms with E-state index < -0.39 is 17.3 Å². The van der Waals surface area contributed by atoms with E-state index in [4.69, 9.17) is 0 Å². The fraction of sp³-hybridized carbons (Fsp3) is 0.333. The number of aromatic amines is 1. The second-order valence-corrected chi connectivity index (χ2v) is 8.53. The van der Waals surface area contributed by atoms with Gasteiger partial charge < -0.3 is 20.0 Å². The summed E-state index contributed by atoms with van der Waals surface area (Å²) in [5.41, 5.74) is 3.66. The topological polar surface area (TPSA) is 104 Å². The number of para-hydroxylation sites is 1. The Bertz CT molecular complexity index is 1190. The number of benzene rings is 2. The van der Waals surface area contributed by atoms with Crippen molar-refractivity contribution in [1.82, 2.24) is 14.8 Å². The van der Waals surface area contributed by atoms with E-state index in [1.54, 1.807) is 21.9 Å². The molecular weight excluding hydrogens is 408 g/mol. The molecule has 3 heterocycles. The van der Waals surface area contributed by atoms with Crippen LogP contribution < -0.4 is 5.23 Å². The van der Waals surface area contributed by atoms with Crippen molar-refractivity contribution in [3.8, 4) is 0 Å². The fourth-order valence-electron chi connectivity index (χ4n) is 5.05. The third-order valence-electron chi connectivity index (χ3n) is 6.57. The summed E-state index contributed by atoms with van der Waals surface area (Å²) in [4.78, 5) is 33.6. The Labute approximate surface area is 185 Å². The zero-order chi connectivity index (χ0) is 22.4. The molecule has 2 aliphatic rings. The number of nitrogens with zero attached hydrogens (tertiary/aromatic N) is 2. The number of hydrogen-bond acceptors (Lipinski definition) is 4. The number of hydrogen-bond donors (Lipinski definition) is 3. The van der Waals surface area contributed by atoms with Gasteiger partial charge in [-0.2, -0.15) is 5.23 Å². The summed E-state index contributed by atoms with van der Waals surface area (Å²) in [5.74, 6) is -0.144. The molecule has 3 N–H and O–H groups in total. The highest BCUT2D eigenvalue weighted by Gasteiger charge is 2.48. The molecule has 2 aliphatic heterocycles. The molecule has 8 nitrogen and oxygen atoms in total. The highest BCUT2D eigenvalue weighted by molar-refractivity contribution is 5.97. The van der Waals surface area contributed by atoms with Crippen molar-refractivity contribution in [2.75, 3.05) is 13.1 Å². The summed E-state index contributed by atoms with van der Waals surface area (Å²) in [7, 11) is 0. The number of quaternary nitrogens is 1.